The Kier molecular flexibility index (Phi) is 7.11. The van der Waals surface area contributed by atoms with Gasteiger partial charge in [0.1, 0.15) is 6.61 Å². The molecular weight excluding hydrogens is 266 g/mol. The van der Waals surface area contributed by atoms with Crippen LogP contribution in [-0.2, 0) is 9.53 Å². The molecule has 112 valence electrons. The molecule has 0 aliphatic rings. The first-order chi connectivity index (χ1) is 9.52. The van der Waals surface area contributed by atoms with E-state index in [2.05, 4.69) is 10.1 Å². The molecule has 0 aliphatic heterocycles. The van der Waals surface area contributed by atoms with Gasteiger partial charge in [-0.2, -0.15) is 0 Å². The third-order valence-electron chi connectivity index (χ3n) is 2.93. The van der Waals surface area contributed by atoms with Crippen molar-refractivity contribution in [2.24, 2.45) is 11.7 Å². The van der Waals surface area contributed by atoms with E-state index in [-0.39, 0.29) is 19.1 Å². The normalized spacial score (nSPS) is 14.1. The van der Waals surface area contributed by atoms with E-state index >= 15 is 0 Å². The van der Waals surface area contributed by atoms with Crippen LogP contribution >= 0.6 is 0 Å². The molecule has 0 aromatic heterocycles. The molecule has 0 saturated carbocycles. The number of hydrogen-bond acceptors (Lipinski definition) is 3. The van der Waals surface area contributed by atoms with Crippen LogP contribution in [0.2, 0.25) is 0 Å². The SMILES string of the molecule is CC(C(=O)NCCOCC(F)F)C(N)c1ccccc1. The Morgan fingerprint density at radius 1 is 1.35 bits per heavy atom. The molecule has 0 bridgehead atoms. The predicted octanol–water partition coefficient (Wildman–Crippen LogP) is 1.72. The van der Waals surface area contributed by atoms with E-state index < -0.39 is 25.0 Å². The van der Waals surface area contributed by atoms with E-state index in [1.165, 1.54) is 0 Å². The van der Waals surface area contributed by atoms with Crippen LogP contribution in [-0.4, -0.2) is 32.1 Å². The summed E-state index contributed by atoms with van der Waals surface area (Å²) in [5.41, 5.74) is 6.90. The molecule has 1 rings (SSSR count). The molecule has 2 unspecified atom stereocenters. The van der Waals surface area contributed by atoms with Gasteiger partial charge < -0.3 is 15.8 Å². The molecule has 4 nitrogen and oxygen atoms in total. The Morgan fingerprint density at radius 2 is 2.00 bits per heavy atom. The first-order valence-corrected chi connectivity index (χ1v) is 6.46. The zero-order valence-electron chi connectivity index (χ0n) is 11.4. The molecule has 0 saturated heterocycles. The topological polar surface area (TPSA) is 64.3 Å². The second-order valence-corrected chi connectivity index (χ2v) is 4.48. The molecule has 6 heteroatoms. The first-order valence-electron chi connectivity index (χ1n) is 6.46. The molecule has 0 fully saturated rings. The largest absolute Gasteiger partial charge is 0.374 e. The number of rotatable bonds is 8. The Labute approximate surface area is 117 Å². The molecule has 2 atom stereocenters. The number of halogens is 2. The molecule has 20 heavy (non-hydrogen) atoms. The molecule has 0 spiro atoms. The predicted molar refractivity (Wildman–Crippen MR) is 72.4 cm³/mol. The summed E-state index contributed by atoms with van der Waals surface area (Å²) >= 11 is 0. The number of nitrogens with one attached hydrogen (secondary N) is 1. The summed E-state index contributed by atoms with van der Waals surface area (Å²) in [7, 11) is 0. The third kappa shape index (κ3) is 5.63. The van der Waals surface area contributed by atoms with Crippen molar-refractivity contribution in [1.29, 1.82) is 0 Å². The zero-order valence-corrected chi connectivity index (χ0v) is 11.4. The van der Waals surface area contributed by atoms with Gasteiger partial charge in [0.25, 0.3) is 6.43 Å². The zero-order chi connectivity index (χ0) is 15.0. The van der Waals surface area contributed by atoms with Crippen LogP contribution < -0.4 is 11.1 Å². The second-order valence-electron chi connectivity index (χ2n) is 4.48. The maximum Gasteiger partial charge on any atom is 0.261 e. The fraction of sp³-hybridized carbons (Fsp3) is 0.500. The van der Waals surface area contributed by atoms with Gasteiger partial charge in [-0.3, -0.25) is 4.79 Å². The average molecular weight is 286 g/mol. The minimum absolute atomic E-state index is 0.0589. The number of hydrogen-bond donors (Lipinski definition) is 2. The van der Waals surface area contributed by atoms with E-state index in [9.17, 15) is 13.6 Å². The highest BCUT2D eigenvalue weighted by molar-refractivity contribution is 5.79. The van der Waals surface area contributed by atoms with Gasteiger partial charge in [-0.1, -0.05) is 37.3 Å². The highest BCUT2D eigenvalue weighted by Gasteiger charge is 2.21. The summed E-state index contributed by atoms with van der Waals surface area (Å²) in [6.45, 7) is 1.36. The summed E-state index contributed by atoms with van der Waals surface area (Å²) in [6, 6.07) is 8.91. The van der Waals surface area contributed by atoms with Crippen molar-refractivity contribution in [2.45, 2.75) is 19.4 Å². The maximum absolute atomic E-state index is 11.9. The number of amides is 1. The van der Waals surface area contributed by atoms with Crippen molar-refractivity contribution in [2.75, 3.05) is 19.8 Å². The lowest BCUT2D eigenvalue weighted by atomic mass is 9.95. The monoisotopic (exact) mass is 286 g/mol. The standard InChI is InChI=1S/C14H20F2N2O2/c1-10(13(17)11-5-3-2-4-6-11)14(19)18-7-8-20-9-12(15)16/h2-6,10,12-13H,7-9,17H2,1H3,(H,18,19). The van der Waals surface area contributed by atoms with E-state index in [1.54, 1.807) is 6.92 Å². The number of carbonyl (C=O) groups excluding carboxylic acids is 1. The van der Waals surface area contributed by atoms with Crippen molar-refractivity contribution in [3.8, 4) is 0 Å². The highest BCUT2D eigenvalue weighted by Crippen LogP contribution is 2.18. The van der Waals surface area contributed by atoms with Crippen molar-refractivity contribution >= 4 is 5.91 Å². The Bertz CT molecular complexity index is 401. The Morgan fingerprint density at radius 3 is 2.60 bits per heavy atom. The molecule has 1 amide bonds. The fourth-order valence-electron chi connectivity index (χ4n) is 1.71. The average Bonchev–Trinajstić information content (AvgIpc) is 2.45. The van der Waals surface area contributed by atoms with Gasteiger partial charge in [-0.25, -0.2) is 8.78 Å². The van der Waals surface area contributed by atoms with E-state index in [4.69, 9.17) is 5.73 Å². The van der Waals surface area contributed by atoms with Crippen LogP contribution in [0.4, 0.5) is 8.78 Å². The fourth-order valence-corrected chi connectivity index (χ4v) is 1.71. The number of ether oxygens (including phenoxy) is 1. The highest BCUT2D eigenvalue weighted by atomic mass is 19.3. The van der Waals surface area contributed by atoms with Gasteiger partial charge in [-0.05, 0) is 5.56 Å². The molecule has 1 aromatic carbocycles. The van der Waals surface area contributed by atoms with E-state index in [0.717, 1.165) is 5.56 Å². The summed E-state index contributed by atoms with van der Waals surface area (Å²) in [4.78, 5) is 11.9. The van der Waals surface area contributed by atoms with E-state index in [1.807, 2.05) is 30.3 Å². The second kappa shape index (κ2) is 8.60. The van der Waals surface area contributed by atoms with Crippen LogP contribution in [0.25, 0.3) is 0 Å². The quantitative estimate of drug-likeness (QED) is 0.715. The molecule has 0 heterocycles. The third-order valence-corrected chi connectivity index (χ3v) is 2.93. The van der Waals surface area contributed by atoms with Crippen LogP contribution in [0.5, 0.6) is 0 Å². The van der Waals surface area contributed by atoms with Gasteiger partial charge in [0.05, 0.1) is 12.5 Å². The van der Waals surface area contributed by atoms with Crippen molar-refractivity contribution < 1.29 is 18.3 Å². The summed E-state index contributed by atoms with van der Waals surface area (Å²) in [6.07, 6.45) is -2.49. The van der Waals surface area contributed by atoms with Crippen molar-refractivity contribution in [3.05, 3.63) is 35.9 Å². The Balaban J connectivity index is 2.32. The van der Waals surface area contributed by atoms with Gasteiger partial charge in [-0.15, -0.1) is 0 Å². The molecule has 3 N–H and O–H groups in total. The molecular formula is C14H20F2N2O2. The first kappa shape index (κ1) is 16.5. The van der Waals surface area contributed by atoms with Gasteiger partial charge in [0.2, 0.25) is 5.91 Å². The summed E-state index contributed by atoms with van der Waals surface area (Å²) in [5.74, 6) is -0.630. The number of benzene rings is 1. The minimum Gasteiger partial charge on any atom is -0.374 e. The van der Waals surface area contributed by atoms with Crippen LogP contribution in [0, 0.1) is 5.92 Å². The van der Waals surface area contributed by atoms with Crippen LogP contribution in [0.1, 0.15) is 18.5 Å². The lowest BCUT2D eigenvalue weighted by Crippen LogP contribution is -2.37. The number of nitrogens with two attached hydrogens (primary N) is 1. The van der Waals surface area contributed by atoms with Crippen molar-refractivity contribution in [3.63, 3.8) is 0 Å². The summed E-state index contributed by atoms with van der Waals surface area (Å²) < 4.78 is 28.3. The number of alkyl halides is 2. The molecule has 1 aromatic rings. The van der Waals surface area contributed by atoms with Gasteiger partial charge in [0.15, 0.2) is 0 Å². The number of carbonyl (C=O) groups is 1. The van der Waals surface area contributed by atoms with Gasteiger partial charge in [0, 0.05) is 12.6 Å². The lowest BCUT2D eigenvalue weighted by molar-refractivity contribution is -0.125. The van der Waals surface area contributed by atoms with E-state index in [0.29, 0.717) is 0 Å². The van der Waals surface area contributed by atoms with Crippen LogP contribution in [0.15, 0.2) is 30.3 Å². The molecule has 0 radical (unpaired) electrons. The minimum atomic E-state index is -2.49. The Hall–Kier alpha value is -1.53. The smallest absolute Gasteiger partial charge is 0.261 e. The van der Waals surface area contributed by atoms with Crippen LogP contribution in [0.3, 0.4) is 0 Å². The lowest BCUT2D eigenvalue weighted by Gasteiger charge is -2.19. The van der Waals surface area contributed by atoms with Crippen molar-refractivity contribution in [1.82, 2.24) is 5.32 Å². The maximum atomic E-state index is 11.9. The molecule has 0 aliphatic carbocycles. The summed E-state index contributed by atoms with van der Waals surface area (Å²) in [5, 5.41) is 2.62. The van der Waals surface area contributed by atoms with Gasteiger partial charge >= 0.3 is 0 Å².